The second-order valence-corrected chi connectivity index (χ2v) is 8.63. The summed E-state index contributed by atoms with van der Waals surface area (Å²) in [5.41, 5.74) is 1.54. The minimum absolute atomic E-state index is 0.158. The van der Waals surface area contributed by atoms with E-state index in [1.54, 1.807) is 17.5 Å². The zero-order valence-corrected chi connectivity index (χ0v) is 17.9. The Kier molecular flexibility index (Phi) is 5.29. The van der Waals surface area contributed by atoms with Crippen LogP contribution in [0.25, 0.3) is 16.0 Å². The van der Waals surface area contributed by atoms with Crippen molar-refractivity contribution in [2.75, 3.05) is 5.32 Å². The molecule has 3 aromatic heterocycles. The van der Waals surface area contributed by atoms with Crippen LogP contribution in [0.4, 0.5) is 5.69 Å². The van der Waals surface area contributed by atoms with Crippen LogP contribution in [0.1, 0.15) is 25.8 Å². The Hall–Kier alpha value is -3.20. The van der Waals surface area contributed by atoms with Crippen LogP contribution in [0, 0.1) is 12.8 Å². The number of fused-ring (bicyclic) bond motifs is 3. The summed E-state index contributed by atoms with van der Waals surface area (Å²) in [5, 5.41) is 8.96. The van der Waals surface area contributed by atoms with Crippen molar-refractivity contribution in [3.05, 3.63) is 62.1 Å². The van der Waals surface area contributed by atoms with Gasteiger partial charge in [-0.2, -0.15) is 0 Å². The monoisotopic (exact) mass is 425 g/mol. The van der Waals surface area contributed by atoms with E-state index >= 15 is 0 Å². The summed E-state index contributed by atoms with van der Waals surface area (Å²) in [4.78, 5) is 38.6. The number of nitrogens with zero attached hydrogens (tertiary/aromatic N) is 4. The Morgan fingerprint density at radius 1 is 1.20 bits per heavy atom. The van der Waals surface area contributed by atoms with E-state index in [0.29, 0.717) is 28.4 Å². The van der Waals surface area contributed by atoms with Crippen LogP contribution in [-0.2, 0) is 17.9 Å². The van der Waals surface area contributed by atoms with Crippen molar-refractivity contribution in [1.82, 2.24) is 18.7 Å². The second-order valence-electron chi connectivity index (χ2n) is 7.71. The van der Waals surface area contributed by atoms with Gasteiger partial charge in [0.2, 0.25) is 11.7 Å². The summed E-state index contributed by atoms with van der Waals surface area (Å²) >= 11 is 1.30. The van der Waals surface area contributed by atoms with Gasteiger partial charge in [-0.15, -0.1) is 16.4 Å². The molecule has 0 saturated heterocycles. The Morgan fingerprint density at radius 2 is 1.97 bits per heavy atom. The van der Waals surface area contributed by atoms with Gasteiger partial charge in [0.25, 0.3) is 5.56 Å². The lowest BCUT2D eigenvalue weighted by molar-refractivity contribution is -0.117. The molecule has 8 nitrogen and oxygen atoms in total. The minimum Gasteiger partial charge on any atom is -0.324 e. The van der Waals surface area contributed by atoms with Crippen LogP contribution < -0.4 is 16.6 Å². The van der Waals surface area contributed by atoms with E-state index in [0.717, 1.165) is 16.7 Å². The smallest absolute Gasteiger partial charge is 0.324 e. The van der Waals surface area contributed by atoms with Crippen molar-refractivity contribution >= 4 is 38.9 Å². The van der Waals surface area contributed by atoms with Crippen molar-refractivity contribution in [3.8, 4) is 0 Å². The van der Waals surface area contributed by atoms with E-state index in [1.807, 2.05) is 25.1 Å². The van der Waals surface area contributed by atoms with Crippen molar-refractivity contribution in [2.24, 2.45) is 5.92 Å². The molecule has 0 aliphatic rings. The molecular formula is C21H23N5O3S. The van der Waals surface area contributed by atoms with Crippen molar-refractivity contribution in [3.63, 3.8) is 0 Å². The van der Waals surface area contributed by atoms with Gasteiger partial charge >= 0.3 is 5.69 Å². The maximum absolute atomic E-state index is 13.1. The second kappa shape index (κ2) is 7.91. The van der Waals surface area contributed by atoms with Gasteiger partial charge in [0.05, 0.1) is 5.52 Å². The quantitative estimate of drug-likeness (QED) is 0.514. The summed E-state index contributed by atoms with van der Waals surface area (Å²) in [5.74, 6) is 0.303. The molecule has 0 saturated carbocycles. The van der Waals surface area contributed by atoms with Gasteiger partial charge in [0.1, 0.15) is 11.2 Å². The molecule has 0 radical (unpaired) electrons. The predicted octanol–water partition coefficient (Wildman–Crippen LogP) is 2.87. The first kappa shape index (κ1) is 20.1. The maximum atomic E-state index is 13.1. The van der Waals surface area contributed by atoms with Crippen LogP contribution in [0.3, 0.4) is 0 Å². The summed E-state index contributed by atoms with van der Waals surface area (Å²) in [6.07, 6.45) is 0.779. The number of carbonyl (C=O) groups is 1. The van der Waals surface area contributed by atoms with Crippen molar-refractivity contribution < 1.29 is 4.79 Å². The molecule has 4 rings (SSSR count). The number of para-hydroxylation sites is 1. The third kappa shape index (κ3) is 3.56. The fourth-order valence-corrected chi connectivity index (χ4v) is 4.19. The standard InChI is InChI=1S/C21H23N5O3S/c1-13(2)8-10-24-19(28)18-16(9-11-30-18)26-20(24)23-25(21(26)29)12-17(27)22-15-7-5-4-6-14(15)3/h4-7,9,11,13H,8,10,12H2,1-3H3,(H,22,27). The molecule has 0 unspecified atom stereocenters. The molecule has 0 aliphatic carbocycles. The highest BCUT2D eigenvalue weighted by Gasteiger charge is 2.19. The van der Waals surface area contributed by atoms with E-state index in [4.69, 9.17) is 0 Å². The number of anilines is 1. The molecule has 0 aliphatic heterocycles. The molecule has 30 heavy (non-hydrogen) atoms. The number of carbonyl (C=O) groups excluding carboxylic acids is 1. The number of amides is 1. The van der Waals surface area contributed by atoms with E-state index in [-0.39, 0.29) is 23.8 Å². The molecule has 0 spiro atoms. The number of hydrogen-bond acceptors (Lipinski definition) is 5. The topological polar surface area (TPSA) is 90.4 Å². The molecule has 9 heteroatoms. The minimum atomic E-state index is -0.438. The molecule has 4 aromatic rings. The first-order valence-electron chi connectivity index (χ1n) is 9.82. The molecule has 1 amide bonds. The number of rotatable bonds is 6. The zero-order chi connectivity index (χ0) is 21.4. The van der Waals surface area contributed by atoms with E-state index in [2.05, 4.69) is 24.3 Å². The zero-order valence-electron chi connectivity index (χ0n) is 17.1. The first-order chi connectivity index (χ1) is 14.4. The molecule has 1 aromatic carbocycles. The highest BCUT2D eigenvalue weighted by atomic mass is 32.1. The first-order valence-corrected chi connectivity index (χ1v) is 10.7. The average molecular weight is 426 g/mol. The lowest BCUT2D eigenvalue weighted by Gasteiger charge is -2.09. The number of aromatic nitrogens is 4. The number of thiophene rings is 1. The summed E-state index contributed by atoms with van der Waals surface area (Å²) in [6, 6.07) is 9.16. The van der Waals surface area contributed by atoms with Crippen LogP contribution in [-0.4, -0.2) is 24.7 Å². The lowest BCUT2D eigenvalue weighted by Crippen LogP contribution is -2.29. The number of hydrogen-bond donors (Lipinski definition) is 1. The van der Waals surface area contributed by atoms with Gasteiger partial charge in [-0.25, -0.2) is 13.9 Å². The Morgan fingerprint density at radius 3 is 2.70 bits per heavy atom. The fraction of sp³-hybridized carbons (Fsp3) is 0.333. The summed E-state index contributed by atoms with van der Waals surface area (Å²) < 4.78 is 4.59. The SMILES string of the molecule is Cc1ccccc1NC(=O)Cn1nc2n(CCC(C)C)c(=O)c3sccc3n2c1=O. The van der Waals surface area contributed by atoms with Gasteiger partial charge in [-0.1, -0.05) is 32.0 Å². The Balaban J connectivity index is 1.76. The van der Waals surface area contributed by atoms with E-state index in [1.165, 1.54) is 20.3 Å². The van der Waals surface area contributed by atoms with Crippen molar-refractivity contribution in [1.29, 1.82) is 0 Å². The fourth-order valence-electron chi connectivity index (χ4n) is 3.36. The average Bonchev–Trinajstić information content (AvgIpc) is 3.29. The lowest BCUT2D eigenvalue weighted by atomic mass is 10.1. The van der Waals surface area contributed by atoms with Crippen LogP contribution in [0.2, 0.25) is 0 Å². The van der Waals surface area contributed by atoms with Gasteiger partial charge in [0, 0.05) is 12.2 Å². The van der Waals surface area contributed by atoms with Gasteiger partial charge in [-0.3, -0.25) is 14.2 Å². The number of nitrogens with one attached hydrogen (secondary N) is 1. The molecule has 0 atom stereocenters. The molecule has 0 fully saturated rings. The predicted molar refractivity (Wildman–Crippen MR) is 118 cm³/mol. The molecule has 3 heterocycles. The Labute approximate surface area is 176 Å². The highest BCUT2D eigenvalue weighted by Crippen LogP contribution is 2.18. The van der Waals surface area contributed by atoms with Crippen LogP contribution in [0.5, 0.6) is 0 Å². The van der Waals surface area contributed by atoms with E-state index < -0.39 is 5.69 Å². The highest BCUT2D eigenvalue weighted by molar-refractivity contribution is 7.17. The summed E-state index contributed by atoms with van der Waals surface area (Å²) in [7, 11) is 0. The maximum Gasteiger partial charge on any atom is 0.352 e. The molecule has 0 bridgehead atoms. The molecular weight excluding hydrogens is 402 g/mol. The third-order valence-electron chi connectivity index (χ3n) is 5.03. The third-order valence-corrected chi connectivity index (χ3v) is 5.92. The molecule has 156 valence electrons. The number of benzene rings is 1. The number of aryl methyl sites for hydroxylation is 2. The van der Waals surface area contributed by atoms with Crippen LogP contribution in [0.15, 0.2) is 45.3 Å². The normalized spacial score (nSPS) is 11.6. The van der Waals surface area contributed by atoms with Gasteiger partial charge in [-0.05, 0) is 42.3 Å². The Bertz CT molecular complexity index is 1360. The molecule has 1 N–H and O–H groups in total. The van der Waals surface area contributed by atoms with Gasteiger partial charge < -0.3 is 5.32 Å². The van der Waals surface area contributed by atoms with Gasteiger partial charge in [0.15, 0.2) is 0 Å². The summed E-state index contributed by atoms with van der Waals surface area (Å²) in [6.45, 7) is 6.27. The largest absolute Gasteiger partial charge is 0.352 e. The van der Waals surface area contributed by atoms with Crippen LogP contribution >= 0.6 is 11.3 Å². The van der Waals surface area contributed by atoms with Crippen molar-refractivity contribution in [2.45, 2.75) is 40.3 Å². The van der Waals surface area contributed by atoms with E-state index in [9.17, 15) is 14.4 Å².